The first-order chi connectivity index (χ1) is 62.5. The van der Waals surface area contributed by atoms with Crippen molar-refractivity contribution < 1.29 is 91.7 Å². The number of unbranched alkanes of at least 4 members (excludes halogenated alkanes) is 3. The average Bonchev–Trinajstić information content (AvgIpc) is 1.51. The molecular formula is C86H125N23O19S2. The highest BCUT2D eigenvalue weighted by atomic mass is 32.2. The van der Waals surface area contributed by atoms with Gasteiger partial charge in [-0.15, -0.1) is 11.8 Å². The molecule has 0 radical (unpaired) electrons. The number of hydrogen-bond acceptors (Lipinski definition) is 28. The van der Waals surface area contributed by atoms with Gasteiger partial charge in [-0.25, -0.2) is 0 Å². The Kier molecular flexibility index (Phi) is 39.6. The molecule has 44 heteroatoms. The minimum absolute atomic E-state index is 0.00291. The van der Waals surface area contributed by atoms with Gasteiger partial charge in [-0.05, 0) is 192 Å². The minimum atomic E-state index is -1.42. The lowest BCUT2D eigenvalue weighted by Crippen LogP contribution is -2.60. The highest BCUT2D eigenvalue weighted by molar-refractivity contribution is 7.99. The smallest absolute Gasteiger partial charge is 0.310 e. The molecule has 5 aromatic rings. The van der Waals surface area contributed by atoms with E-state index in [0.29, 0.717) is 85.5 Å². The van der Waals surface area contributed by atoms with Gasteiger partial charge in [0.25, 0.3) is 0 Å². The van der Waals surface area contributed by atoms with Crippen LogP contribution in [-0.4, -0.2) is 247 Å². The van der Waals surface area contributed by atoms with E-state index in [1.54, 1.807) is 54.9 Å². The van der Waals surface area contributed by atoms with E-state index >= 15 is 0 Å². The van der Waals surface area contributed by atoms with Gasteiger partial charge < -0.3 is 148 Å². The van der Waals surface area contributed by atoms with Crippen LogP contribution in [0.1, 0.15) is 126 Å². The standard InChI is InChI=1S/C86H125N23O19S2/c1-124-66-38-46(37-63(110)74(66)125-2)71-51-39-64-65(128-45-127-64)40-52(51)73(53-43-126-84(123)72(53)71)101-49-23-21-48(22-24-49)100-69(112)26-34-109-70(113)41-67(83(109)122)130-44-54(90)76(115)96-33-25-68(111)102-57(19-12-31-97-85(92)93)77(116)105-60(20-13-32-98-86(94)95)79(118)107-61(27-35-129-3)81(120)104-59(18-8-11-30-89)80(119)108-62(36-47-42-99-55-15-5-4-14-50(47)55)82(121)106-58(17-7-10-29-88)78(117)103-56(75(91)114)16-6-9-28-87/h4-5,14-15,21-24,37-39,41-42,53-54,56-62,65,71-73,99,101,110,113,122H,6-13,16-20,25-36,40,43-45,87-90H2,1-3H3,(H2,91,114)(H,96,115)(H,100,112)(H,102,111)(H,103,117)(H,104,120)(H,105,116)(H,106,121)(H,107,118)(H,108,119)(H4,92,93,97)(H4,94,95,98)/t53-,54-,56-,57-,58-,59-,60-,61-,62-,65?,71+,72?,73+/m0/s1. The van der Waals surface area contributed by atoms with Crippen molar-refractivity contribution in [1.82, 2.24) is 62.7 Å². The number of thioether (sulfide) groups is 2. The fraction of sp³-hybridized carbons (Fsp3) is 0.523. The Morgan fingerprint density at radius 3 is 1.75 bits per heavy atom. The molecule has 0 spiro atoms. The molecule has 0 bridgehead atoms. The van der Waals surface area contributed by atoms with Crippen molar-refractivity contribution >= 4 is 123 Å². The summed E-state index contributed by atoms with van der Waals surface area (Å²) in [5.41, 5.74) is 45.4. The van der Waals surface area contributed by atoms with Crippen molar-refractivity contribution in [1.29, 1.82) is 10.8 Å². The summed E-state index contributed by atoms with van der Waals surface area (Å²) in [5.74, 6) is -9.85. The number of primary amides is 1. The van der Waals surface area contributed by atoms with E-state index in [1.165, 1.54) is 32.0 Å². The van der Waals surface area contributed by atoms with Gasteiger partial charge in [0.2, 0.25) is 70.7 Å². The highest BCUT2D eigenvalue weighted by Gasteiger charge is 2.55. The number of amides is 10. The molecule has 710 valence electrons. The van der Waals surface area contributed by atoms with Gasteiger partial charge in [0.15, 0.2) is 36.1 Å². The van der Waals surface area contributed by atoms with Gasteiger partial charge in [0, 0.05) is 104 Å². The van der Waals surface area contributed by atoms with Gasteiger partial charge in [-0.3, -0.25) is 68.1 Å². The second-order valence-corrected chi connectivity index (χ2v) is 34.1. The number of methoxy groups -OCH3 is 2. The molecule has 2 unspecified atom stereocenters. The van der Waals surface area contributed by atoms with E-state index in [4.69, 9.17) is 74.6 Å². The van der Waals surface area contributed by atoms with E-state index in [2.05, 4.69) is 68.8 Å². The number of carbonyl (C=O) groups is 11. The fourth-order valence-corrected chi connectivity index (χ4v) is 17.5. The van der Waals surface area contributed by atoms with Crippen LogP contribution in [0.2, 0.25) is 0 Å². The number of anilines is 2. The fourth-order valence-electron chi connectivity index (χ4n) is 16.0. The maximum atomic E-state index is 14.9. The lowest BCUT2D eigenvalue weighted by Gasteiger charge is -2.43. The van der Waals surface area contributed by atoms with Crippen LogP contribution in [0.4, 0.5) is 11.4 Å². The number of phenols is 1. The number of ether oxygens (including phenoxy) is 5. The van der Waals surface area contributed by atoms with Crippen LogP contribution >= 0.6 is 23.5 Å². The molecule has 2 saturated heterocycles. The predicted octanol–water partition coefficient (Wildman–Crippen LogP) is 0.170. The Hall–Kier alpha value is -12.2. The third-order valence-electron chi connectivity index (χ3n) is 22.8. The average molecular weight is 1850 g/mol. The Labute approximate surface area is 760 Å². The van der Waals surface area contributed by atoms with Crippen LogP contribution in [0.3, 0.4) is 0 Å². The molecule has 10 amide bonds. The van der Waals surface area contributed by atoms with Crippen molar-refractivity contribution in [3.8, 4) is 29.0 Å². The number of nitrogens with one attached hydrogen (secondary N) is 15. The van der Waals surface area contributed by atoms with Crippen LogP contribution in [0, 0.1) is 22.7 Å². The normalized spacial score (nSPS) is 17.9. The molecule has 130 heavy (non-hydrogen) atoms. The number of nitrogens with zero attached hydrogens (tertiary/aromatic N) is 1. The first-order valence-electron chi connectivity index (χ1n) is 43.4. The monoisotopic (exact) mass is 1850 g/mol. The third kappa shape index (κ3) is 28.9. The van der Waals surface area contributed by atoms with Crippen LogP contribution < -0.4 is 113 Å². The number of rotatable bonds is 55. The van der Waals surface area contributed by atoms with Gasteiger partial charge in [0.05, 0.1) is 43.7 Å². The van der Waals surface area contributed by atoms with E-state index in [-0.39, 0.29) is 181 Å². The van der Waals surface area contributed by atoms with Gasteiger partial charge in [-0.1, -0.05) is 18.2 Å². The second-order valence-electron chi connectivity index (χ2n) is 32.1. The Bertz CT molecular complexity index is 4840. The zero-order valence-electron chi connectivity index (χ0n) is 73.2. The molecule has 13 atom stereocenters. The summed E-state index contributed by atoms with van der Waals surface area (Å²) in [6, 6.07) is 8.00. The van der Waals surface area contributed by atoms with E-state index < -0.39 is 137 Å². The van der Waals surface area contributed by atoms with Crippen molar-refractivity contribution in [2.75, 3.05) is 95.3 Å². The van der Waals surface area contributed by atoms with Crippen LogP contribution in [0.25, 0.3) is 10.9 Å². The predicted molar refractivity (Wildman–Crippen MR) is 488 cm³/mol. The molecule has 42 nitrogen and oxygen atoms in total. The van der Waals surface area contributed by atoms with E-state index in [9.17, 15) is 68.1 Å². The van der Waals surface area contributed by atoms with Gasteiger partial charge >= 0.3 is 5.97 Å². The van der Waals surface area contributed by atoms with Gasteiger partial charge in [0.1, 0.15) is 54.2 Å². The third-order valence-corrected chi connectivity index (χ3v) is 24.6. The summed E-state index contributed by atoms with van der Waals surface area (Å²) < 4.78 is 29.7. The minimum Gasteiger partial charge on any atom is -0.504 e. The number of hydrogen-bond donors (Lipinski definition) is 25. The number of carbonyl (C=O) groups excluding carboxylic acids is 11. The first kappa shape index (κ1) is 102. The summed E-state index contributed by atoms with van der Waals surface area (Å²) in [5, 5.41) is 83.0. The molecule has 4 heterocycles. The van der Waals surface area contributed by atoms with E-state index in [0.717, 1.165) is 38.4 Å². The number of esters is 1. The quantitative estimate of drug-likeness (QED) is 0.00811. The van der Waals surface area contributed by atoms with Crippen molar-refractivity contribution in [2.45, 2.75) is 193 Å². The first-order valence-corrected chi connectivity index (χ1v) is 45.8. The van der Waals surface area contributed by atoms with Crippen LogP contribution in [-0.2, 0) is 79.9 Å². The summed E-state index contributed by atoms with van der Waals surface area (Å²) in [4.78, 5) is 158. The molecule has 32 N–H and O–H groups in total. The molecular weight excluding hydrogens is 1720 g/mol. The maximum Gasteiger partial charge on any atom is 0.310 e. The molecule has 0 saturated carbocycles. The number of fused-ring (bicyclic) bond motifs is 3. The van der Waals surface area contributed by atoms with Crippen molar-refractivity contribution in [3.05, 3.63) is 107 Å². The number of para-hydroxylation sites is 1. The number of H-pyrrole nitrogens is 1. The number of cyclic esters (lactones) is 1. The number of aromatic amines is 1. The number of phenolic OH excluding ortho intramolecular Hbond substituents is 1. The molecule has 3 aromatic carbocycles. The Morgan fingerprint density at radius 1 is 0.623 bits per heavy atom. The number of guanidine groups is 2. The van der Waals surface area contributed by atoms with Crippen LogP contribution in [0.5, 0.6) is 29.0 Å². The summed E-state index contributed by atoms with van der Waals surface area (Å²) in [7, 11) is 2.88. The Morgan fingerprint density at radius 2 is 1.18 bits per heavy atom. The number of nitrogens with two attached hydrogens (primary N) is 7. The molecule has 4 aliphatic rings. The zero-order valence-corrected chi connectivity index (χ0v) is 74.8. The lowest BCUT2D eigenvalue weighted by atomic mass is 9.63. The lowest BCUT2D eigenvalue weighted by molar-refractivity contribution is -0.141. The molecule has 9 rings (SSSR count). The SMILES string of the molecule is COc1cc([C@@H]2C3=C(CC4OCOC4=C3)[C@@H](Nc3ccc(NC(=O)CCn4c(O)cc(SC[C@H](N)C(=O)NCCC(=O)N[C@@H](CCCNC(=N)N)C(=O)N[C@@H](CCCNC(=N)N)C(=O)N[C@@H](CCSC)C(=O)N[C@@H](CCCCN)C(=O)N[C@@H](Cc5c[nH]c6ccccc56)C(=O)N[C@@H](CCCCN)C(=O)N[C@@H](CCCCN)C(N)=O)c4O)cc3)[C@H]3COC(=O)C23)cc(O)c1OC. The largest absolute Gasteiger partial charge is 0.504 e. The highest BCUT2D eigenvalue weighted by Crippen LogP contribution is 2.55. The van der Waals surface area contributed by atoms with Crippen LogP contribution in [0.15, 0.2) is 101 Å². The number of aromatic nitrogens is 2. The number of benzene rings is 3. The number of allylic oxidation sites excluding steroid dienone is 2. The number of aromatic hydroxyl groups is 3. The molecule has 2 aliphatic carbocycles. The second kappa shape index (κ2) is 50.7. The zero-order chi connectivity index (χ0) is 94.1. The topological polar surface area (TPSA) is 690 Å². The Balaban J connectivity index is 0.795. The van der Waals surface area contributed by atoms with Gasteiger partial charge in [-0.2, -0.15) is 11.8 Å². The summed E-state index contributed by atoms with van der Waals surface area (Å²) >= 11 is 2.28. The molecule has 2 aromatic heterocycles. The maximum absolute atomic E-state index is 14.9. The van der Waals surface area contributed by atoms with Crippen molar-refractivity contribution in [2.24, 2.45) is 52.0 Å². The summed E-state index contributed by atoms with van der Waals surface area (Å²) in [6.45, 7) is 0.744. The molecule has 2 aliphatic heterocycles. The van der Waals surface area contributed by atoms with Crippen molar-refractivity contribution in [3.63, 3.8) is 0 Å². The molecule has 2 fully saturated rings. The van der Waals surface area contributed by atoms with E-state index in [1.807, 2.05) is 24.3 Å². The summed E-state index contributed by atoms with van der Waals surface area (Å²) in [6.07, 6.45) is 7.83.